The highest BCUT2D eigenvalue weighted by molar-refractivity contribution is 5.97. The molecular weight excluding hydrogens is 284 g/mol. The van der Waals surface area contributed by atoms with Crippen molar-refractivity contribution in [2.24, 2.45) is 0 Å². The molecule has 2 N–H and O–H groups in total. The zero-order chi connectivity index (χ0) is 16.1. The van der Waals surface area contributed by atoms with Crippen LogP contribution in [0.3, 0.4) is 0 Å². The van der Waals surface area contributed by atoms with Crippen LogP contribution in [-0.4, -0.2) is 29.3 Å². The average molecular weight is 298 g/mol. The molecule has 0 saturated heterocycles. The van der Waals surface area contributed by atoms with Crippen LogP contribution in [0.2, 0.25) is 0 Å². The Morgan fingerprint density at radius 2 is 1.64 bits per heavy atom. The van der Waals surface area contributed by atoms with Crippen molar-refractivity contribution >= 4 is 24.1 Å². The molecule has 0 amide bonds. The van der Waals surface area contributed by atoms with E-state index < -0.39 is 11.9 Å². The van der Waals surface area contributed by atoms with Crippen LogP contribution >= 0.6 is 0 Å². The maximum atomic E-state index is 11.3. The van der Waals surface area contributed by atoms with Crippen molar-refractivity contribution in [2.45, 2.75) is 0 Å². The van der Waals surface area contributed by atoms with E-state index in [1.807, 2.05) is 18.2 Å². The van der Waals surface area contributed by atoms with Gasteiger partial charge in [-0.3, -0.25) is 0 Å². The van der Waals surface area contributed by atoms with E-state index in [0.29, 0.717) is 11.3 Å². The van der Waals surface area contributed by atoms with Crippen molar-refractivity contribution in [1.29, 1.82) is 0 Å². The fourth-order valence-electron chi connectivity index (χ4n) is 2.00. The van der Waals surface area contributed by atoms with Gasteiger partial charge >= 0.3 is 11.9 Å². The lowest BCUT2D eigenvalue weighted by molar-refractivity contribution is 0.0695. The Labute approximate surface area is 127 Å². The maximum absolute atomic E-state index is 11.3. The minimum absolute atomic E-state index is 0.0631. The summed E-state index contributed by atoms with van der Waals surface area (Å²) in [6.45, 7) is 0. The number of aromatic carboxylic acids is 2. The Hall–Kier alpha value is -3.08. The molecule has 0 spiro atoms. The standard InChI is InChI=1S/C17H14O5/c1-22-15-5-3-2-4-12(15)8-6-11-7-9-13(16(18)19)10-14(11)17(20)21/h2-10H,1H3,(H,18,19)(H,20,21). The van der Waals surface area contributed by atoms with Crippen LogP contribution in [0.15, 0.2) is 42.5 Å². The van der Waals surface area contributed by atoms with Crippen LogP contribution < -0.4 is 4.74 Å². The summed E-state index contributed by atoms with van der Waals surface area (Å²) >= 11 is 0. The fourth-order valence-corrected chi connectivity index (χ4v) is 2.00. The van der Waals surface area contributed by atoms with E-state index in [9.17, 15) is 14.7 Å². The van der Waals surface area contributed by atoms with Gasteiger partial charge in [-0.25, -0.2) is 9.59 Å². The summed E-state index contributed by atoms with van der Waals surface area (Å²) in [7, 11) is 1.55. The summed E-state index contributed by atoms with van der Waals surface area (Å²) in [6, 6.07) is 11.3. The fraction of sp³-hybridized carbons (Fsp3) is 0.0588. The minimum atomic E-state index is -1.18. The van der Waals surface area contributed by atoms with Crippen molar-refractivity contribution in [3.63, 3.8) is 0 Å². The first-order valence-corrected chi connectivity index (χ1v) is 6.44. The van der Waals surface area contributed by atoms with Crippen LogP contribution in [0.25, 0.3) is 12.2 Å². The lowest BCUT2D eigenvalue weighted by Gasteiger charge is -2.05. The van der Waals surface area contributed by atoms with Crippen LogP contribution in [0, 0.1) is 0 Å². The molecule has 0 fully saturated rings. The number of methoxy groups -OCH3 is 1. The molecule has 0 aliphatic carbocycles. The monoisotopic (exact) mass is 298 g/mol. The number of hydrogen-bond donors (Lipinski definition) is 2. The molecule has 2 aromatic rings. The number of carboxylic acid groups (broad SMARTS) is 2. The molecule has 0 aromatic heterocycles. The average Bonchev–Trinajstić information content (AvgIpc) is 2.52. The quantitative estimate of drug-likeness (QED) is 0.828. The molecule has 22 heavy (non-hydrogen) atoms. The zero-order valence-electron chi connectivity index (χ0n) is 11.8. The van der Waals surface area contributed by atoms with Gasteiger partial charge in [-0.05, 0) is 23.8 Å². The molecule has 0 aliphatic heterocycles. The third kappa shape index (κ3) is 3.32. The molecule has 0 unspecified atom stereocenters. The van der Waals surface area contributed by atoms with E-state index in [0.717, 1.165) is 11.6 Å². The lowest BCUT2D eigenvalue weighted by atomic mass is 10.0. The van der Waals surface area contributed by atoms with E-state index in [1.165, 1.54) is 12.1 Å². The minimum Gasteiger partial charge on any atom is -0.496 e. The number of carboxylic acids is 2. The summed E-state index contributed by atoms with van der Waals surface area (Å²) in [4.78, 5) is 22.2. The maximum Gasteiger partial charge on any atom is 0.336 e. The van der Waals surface area contributed by atoms with Gasteiger partial charge < -0.3 is 14.9 Å². The molecule has 0 radical (unpaired) electrons. The molecule has 0 heterocycles. The number of hydrogen-bond acceptors (Lipinski definition) is 3. The van der Waals surface area contributed by atoms with Gasteiger partial charge in [0.1, 0.15) is 5.75 Å². The van der Waals surface area contributed by atoms with Gasteiger partial charge in [-0.15, -0.1) is 0 Å². The highest BCUT2D eigenvalue weighted by Gasteiger charge is 2.12. The summed E-state index contributed by atoms with van der Waals surface area (Å²) in [5, 5.41) is 18.1. The SMILES string of the molecule is COc1ccccc1C=Cc1ccc(C(=O)O)cc1C(=O)O. The molecule has 0 bridgehead atoms. The molecule has 0 atom stereocenters. The van der Waals surface area contributed by atoms with E-state index >= 15 is 0 Å². The van der Waals surface area contributed by atoms with Crippen molar-refractivity contribution in [1.82, 2.24) is 0 Å². The molecule has 0 aliphatic rings. The van der Waals surface area contributed by atoms with Crippen LogP contribution in [0.5, 0.6) is 5.75 Å². The van der Waals surface area contributed by atoms with Crippen molar-refractivity contribution in [3.8, 4) is 5.75 Å². The van der Waals surface area contributed by atoms with E-state index in [4.69, 9.17) is 9.84 Å². The molecule has 5 nitrogen and oxygen atoms in total. The molecular formula is C17H14O5. The summed E-state index contributed by atoms with van der Waals surface area (Å²) in [5.41, 5.74) is 1.09. The second kappa shape index (κ2) is 6.58. The van der Waals surface area contributed by atoms with Gasteiger partial charge in [0.15, 0.2) is 0 Å². The lowest BCUT2D eigenvalue weighted by Crippen LogP contribution is -2.04. The van der Waals surface area contributed by atoms with Crippen LogP contribution in [0.1, 0.15) is 31.8 Å². The van der Waals surface area contributed by atoms with Crippen LogP contribution in [-0.2, 0) is 0 Å². The van der Waals surface area contributed by atoms with Gasteiger partial charge in [-0.1, -0.05) is 36.4 Å². The van der Waals surface area contributed by atoms with Crippen molar-refractivity contribution < 1.29 is 24.5 Å². The first kappa shape index (κ1) is 15.3. The Morgan fingerprint density at radius 1 is 0.955 bits per heavy atom. The van der Waals surface area contributed by atoms with Gasteiger partial charge in [-0.2, -0.15) is 0 Å². The topological polar surface area (TPSA) is 83.8 Å². The summed E-state index contributed by atoms with van der Waals surface area (Å²) in [5.74, 6) is -1.68. The Morgan fingerprint density at radius 3 is 2.27 bits per heavy atom. The van der Waals surface area contributed by atoms with Gasteiger partial charge in [0.2, 0.25) is 0 Å². The number of rotatable bonds is 5. The van der Waals surface area contributed by atoms with Gasteiger partial charge in [0.25, 0.3) is 0 Å². The highest BCUT2D eigenvalue weighted by Crippen LogP contribution is 2.21. The third-order valence-electron chi connectivity index (χ3n) is 3.11. The molecule has 0 saturated carbocycles. The Balaban J connectivity index is 2.42. The number of carbonyl (C=O) groups is 2. The van der Waals surface area contributed by atoms with E-state index in [-0.39, 0.29) is 11.1 Å². The van der Waals surface area contributed by atoms with Crippen LogP contribution in [0.4, 0.5) is 0 Å². The first-order valence-electron chi connectivity index (χ1n) is 6.44. The van der Waals surface area contributed by atoms with Gasteiger partial charge in [0, 0.05) is 5.56 Å². The molecule has 112 valence electrons. The van der Waals surface area contributed by atoms with Gasteiger partial charge in [0.05, 0.1) is 18.2 Å². The Bertz CT molecular complexity index is 746. The Kier molecular flexibility index (Phi) is 4.58. The first-order chi connectivity index (χ1) is 10.5. The number of para-hydroxylation sites is 1. The molecule has 5 heteroatoms. The zero-order valence-corrected chi connectivity index (χ0v) is 11.8. The smallest absolute Gasteiger partial charge is 0.336 e. The second-order valence-corrected chi connectivity index (χ2v) is 4.49. The summed E-state index contributed by atoms with van der Waals surface area (Å²) in [6.07, 6.45) is 3.34. The highest BCUT2D eigenvalue weighted by atomic mass is 16.5. The normalized spacial score (nSPS) is 10.6. The van der Waals surface area contributed by atoms with Crippen molar-refractivity contribution in [3.05, 3.63) is 64.7 Å². The largest absolute Gasteiger partial charge is 0.496 e. The third-order valence-corrected chi connectivity index (χ3v) is 3.11. The number of ether oxygens (including phenoxy) is 1. The van der Waals surface area contributed by atoms with Crippen molar-refractivity contribution in [2.75, 3.05) is 7.11 Å². The predicted octanol–water partition coefficient (Wildman–Crippen LogP) is 3.26. The number of benzene rings is 2. The second-order valence-electron chi connectivity index (χ2n) is 4.49. The summed E-state index contributed by atoms with van der Waals surface area (Å²) < 4.78 is 5.22. The van der Waals surface area contributed by atoms with E-state index in [1.54, 1.807) is 25.3 Å². The van der Waals surface area contributed by atoms with E-state index in [2.05, 4.69) is 0 Å². The molecule has 2 rings (SSSR count). The predicted molar refractivity (Wildman–Crippen MR) is 82.3 cm³/mol. The molecule has 2 aromatic carbocycles.